The third-order valence-electron chi connectivity index (χ3n) is 10.4. The van der Waals surface area contributed by atoms with Crippen LogP contribution in [-0.4, -0.2) is 34.5 Å². The fraction of sp³-hybridized carbons (Fsp3) is 0.719. The van der Waals surface area contributed by atoms with Crippen LogP contribution in [0, 0.1) is 35.0 Å². The van der Waals surface area contributed by atoms with Crippen molar-refractivity contribution >= 4 is 5.97 Å². The van der Waals surface area contributed by atoms with Crippen LogP contribution in [0.15, 0.2) is 47.6 Å². The molecule has 0 aromatic heterocycles. The number of allylic oxidation sites excluding steroid dienone is 3. The van der Waals surface area contributed by atoms with E-state index in [2.05, 4.69) is 46.1 Å². The molecule has 4 heteroatoms. The number of hydrogen-bond acceptors (Lipinski definition) is 4. The lowest BCUT2D eigenvalue weighted by atomic mass is 9.60. The summed E-state index contributed by atoms with van der Waals surface area (Å²) in [5.41, 5.74) is 4.20. The smallest absolute Gasteiger partial charge is 0.334 e. The van der Waals surface area contributed by atoms with E-state index in [1.807, 2.05) is 6.92 Å². The van der Waals surface area contributed by atoms with Gasteiger partial charge in [0.1, 0.15) is 6.10 Å². The number of cyclic esters (lactones) is 1. The first-order chi connectivity index (χ1) is 17.1. The first kappa shape index (κ1) is 27.4. The number of aliphatic hydroxyl groups is 2. The molecule has 3 saturated carbocycles. The second kappa shape index (κ2) is 11.0. The maximum Gasteiger partial charge on any atom is 0.334 e. The molecule has 0 radical (unpaired) electrons. The summed E-state index contributed by atoms with van der Waals surface area (Å²) in [4.78, 5) is 12.3. The molecule has 36 heavy (non-hydrogen) atoms. The van der Waals surface area contributed by atoms with Gasteiger partial charge in [-0.3, -0.25) is 0 Å². The van der Waals surface area contributed by atoms with Crippen molar-refractivity contribution in [1.29, 1.82) is 0 Å². The molecule has 0 aromatic rings. The van der Waals surface area contributed by atoms with Crippen LogP contribution in [0.4, 0.5) is 0 Å². The number of ether oxygens (including phenoxy) is 1. The summed E-state index contributed by atoms with van der Waals surface area (Å²) in [6, 6.07) is 0. The van der Waals surface area contributed by atoms with Crippen LogP contribution < -0.4 is 0 Å². The van der Waals surface area contributed by atoms with E-state index in [0.29, 0.717) is 29.7 Å². The normalized spacial score (nSPS) is 42.2. The van der Waals surface area contributed by atoms with Gasteiger partial charge in [0.25, 0.3) is 0 Å². The molecular formula is C32H48O4. The summed E-state index contributed by atoms with van der Waals surface area (Å²) in [6.45, 7) is 17.1. The van der Waals surface area contributed by atoms with Crippen LogP contribution in [0.25, 0.3) is 0 Å². The summed E-state index contributed by atoms with van der Waals surface area (Å²) >= 11 is 0. The highest BCUT2D eigenvalue weighted by atomic mass is 16.6. The highest BCUT2D eigenvalue weighted by molar-refractivity contribution is 5.90. The number of carbonyl (C=O) groups is 1. The second-order valence-electron chi connectivity index (χ2n) is 12.6. The van der Waals surface area contributed by atoms with Crippen molar-refractivity contribution in [2.75, 3.05) is 0 Å². The highest BCUT2D eigenvalue weighted by Crippen LogP contribution is 2.60. The van der Waals surface area contributed by atoms with E-state index < -0.39 is 12.2 Å². The van der Waals surface area contributed by atoms with Crippen LogP contribution >= 0.6 is 0 Å². The van der Waals surface area contributed by atoms with Crippen molar-refractivity contribution in [1.82, 2.24) is 0 Å². The van der Waals surface area contributed by atoms with Crippen molar-refractivity contribution in [3.63, 3.8) is 0 Å². The largest absolute Gasteiger partial charge is 0.458 e. The standard InChI is InChI=1S/C32H48O4/c1-7-8-11-25-21(4)31(35)36-29(25)17-19(2)26-14-15-27-23(10-9-16-32(26,27)6)12-13-24-18-28(33)22(5)30(34)20(24)3/h12-13,19,22,25-30,33-34H,3-4,7-11,14-18H2,1-2,5-6H3/b23-12+,24-13-/t19-,22+,25+,26-,27+,28-,29-,30-,32-/m1/s1. The number of esters is 1. The molecular weight excluding hydrogens is 448 g/mol. The molecule has 2 N–H and O–H groups in total. The topological polar surface area (TPSA) is 66.8 Å². The summed E-state index contributed by atoms with van der Waals surface area (Å²) in [5, 5.41) is 20.8. The molecule has 1 saturated heterocycles. The Balaban J connectivity index is 1.47. The van der Waals surface area contributed by atoms with E-state index in [0.717, 1.165) is 43.3 Å². The average molecular weight is 497 g/mol. The lowest BCUT2D eigenvalue weighted by Gasteiger charge is -2.45. The minimum Gasteiger partial charge on any atom is -0.458 e. The van der Waals surface area contributed by atoms with Crippen molar-refractivity contribution in [3.05, 3.63) is 47.6 Å². The Kier molecular flexibility index (Phi) is 8.36. The molecule has 0 spiro atoms. The van der Waals surface area contributed by atoms with Crippen molar-refractivity contribution in [2.24, 2.45) is 35.0 Å². The monoisotopic (exact) mass is 496 g/mol. The third-order valence-corrected chi connectivity index (χ3v) is 10.4. The van der Waals surface area contributed by atoms with Crippen LogP contribution in [0.1, 0.15) is 91.9 Å². The SMILES string of the molecule is C=C1/C(=C\C=C2/CCC[C@]3(C)[C@@H]([C@H](C)C[C@H]4OC(=O)C(=C)[C@@H]4CCCC)CC[C@@H]23)C[C@@H](O)[C@H](C)[C@@H]1O. The average Bonchev–Trinajstić information content (AvgIpc) is 3.33. The third kappa shape index (κ3) is 5.05. The van der Waals surface area contributed by atoms with Crippen LogP contribution in [0.5, 0.6) is 0 Å². The van der Waals surface area contributed by atoms with Gasteiger partial charge in [0.2, 0.25) is 0 Å². The van der Waals surface area contributed by atoms with E-state index in [9.17, 15) is 15.0 Å². The number of carbonyl (C=O) groups excluding carboxylic acids is 1. The number of hydrogen-bond donors (Lipinski definition) is 2. The molecule has 4 nitrogen and oxygen atoms in total. The van der Waals surface area contributed by atoms with Crippen LogP contribution in [0.3, 0.4) is 0 Å². The molecule has 4 aliphatic rings. The van der Waals surface area contributed by atoms with Crippen LogP contribution in [-0.2, 0) is 9.53 Å². The van der Waals surface area contributed by atoms with Gasteiger partial charge in [0.15, 0.2) is 0 Å². The predicted octanol–water partition coefficient (Wildman–Crippen LogP) is 6.69. The van der Waals surface area contributed by atoms with Crippen molar-refractivity contribution in [2.45, 2.75) is 110 Å². The summed E-state index contributed by atoms with van der Waals surface area (Å²) < 4.78 is 5.84. The first-order valence-corrected chi connectivity index (χ1v) is 14.4. The molecule has 1 heterocycles. The van der Waals surface area contributed by atoms with Gasteiger partial charge >= 0.3 is 5.97 Å². The highest BCUT2D eigenvalue weighted by Gasteiger charge is 2.51. The first-order valence-electron chi connectivity index (χ1n) is 14.4. The molecule has 0 aromatic carbocycles. The van der Waals surface area contributed by atoms with Gasteiger partial charge in [-0.2, -0.15) is 0 Å². The summed E-state index contributed by atoms with van der Waals surface area (Å²) in [6.07, 6.45) is 13.9. The lowest BCUT2D eigenvalue weighted by molar-refractivity contribution is -0.140. The Labute approximate surface area is 218 Å². The molecule has 0 unspecified atom stereocenters. The van der Waals surface area contributed by atoms with Gasteiger partial charge in [0.05, 0.1) is 12.2 Å². The molecule has 200 valence electrons. The van der Waals surface area contributed by atoms with Gasteiger partial charge in [-0.25, -0.2) is 4.79 Å². The zero-order valence-corrected chi connectivity index (χ0v) is 23.0. The fourth-order valence-corrected chi connectivity index (χ4v) is 8.06. The van der Waals surface area contributed by atoms with E-state index in [1.165, 1.54) is 31.3 Å². The maximum atomic E-state index is 12.3. The molecule has 0 amide bonds. The lowest BCUT2D eigenvalue weighted by Crippen LogP contribution is -2.37. The molecule has 3 aliphatic carbocycles. The number of aliphatic hydroxyl groups excluding tert-OH is 2. The second-order valence-corrected chi connectivity index (χ2v) is 12.6. The van der Waals surface area contributed by atoms with E-state index in [1.54, 1.807) is 0 Å². The fourth-order valence-electron chi connectivity index (χ4n) is 8.06. The Morgan fingerprint density at radius 2 is 1.94 bits per heavy atom. The Morgan fingerprint density at radius 3 is 2.67 bits per heavy atom. The predicted molar refractivity (Wildman–Crippen MR) is 145 cm³/mol. The zero-order chi connectivity index (χ0) is 26.2. The Morgan fingerprint density at radius 1 is 1.19 bits per heavy atom. The van der Waals surface area contributed by atoms with Gasteiger partial charge in [-0.1, -0.05) is 71.4 Å². The number of rotatable bonds is 7. The number of unbranched alkanes of at least 4 members (excludes halogenated alkanes) is 1. The summed E-state index contributed by atoms with van der Waals surface area (Å²) in [5.74, 6) is 1.50. The van der Waals surface area contributed by atoms with Gasteiger partial charge in [-0.05, 0) is 85.7 Å². The number of fused-ring (bicyclic) bond motifs is 1. The van der Waals surface area contributed by atoms with Gasteiger partial charge < -0.3 is 14.9 Å². The summed E-state index contributed by atoms with van der Waals surface area (Å²) in [7, 11) is 0. The van der Waals surface area contributed by atoms with E-state index in [-0.39, 0.29) is 29.3 Å². The van der Waals surface area contributed by atoms with Crippen LogP contribution in [0.2, 0.25) is 0 Å². The Hall–Kier alpha value is -1.65. The van der Waals surface area contributed by atoms with Gasteiger partial charge in [-0.15, -0.1) is 0 Å². The minimum absolute atomic E-state index is 0.0184. The Bertz CT molecular complexity index is 928. The van der Waals surface area contributed by atoms with E-state index in [4.69, 9.17) is 4.74 Å². The van der Waals surface area contributed by atoms with Gasteiger partial charge in [0, 0.05) is 17.4 Å². The molecule has 1 aliphatic heterocycles. The quantitative estimate of drug-likeness (QED) is 0.304. The zero-order valence-electron chi connectivity index (χ0n) is 23.0. The van der Waals surface area contributed by atoms with Crippen molar-refractivity contribution in [3.8, 4) is 0 Å². The molecule has 4 fully saturated rings. The molecule has 9 atom stereocenters. The maximum absolute atomic E-state index is 12.3. The molecule has 4 rings (SSSR count). The minimum atomic E-state index is -0.673. The van der Waals surface area contributed by atoms with Crippen molar-refractivity contribution < 1.29 is 19.7 Å². The van der Waals surface area contributed by atoms with E-state index >= 15 is 0 Å². The molecule has 0 bridgehead atoms.